The van der Waals surface area contributed by atoms with E-state index >= 15 is 0 Å². The highest BCUT2D eigenvalue weighted by atomic mass is 32.1. The van der Waals surface area contributed by atoms with Gasteiger partial charge in [-0.3, -0.25) is 9.48 Å². The summed E-state index contributed by atoms with van der Waals surface area (Å²) in [5.41, 5.74) is 0.572. The average molecular weight is 330 g/mol. The zero-order valence-corrected chi connectivity index (χ0v) is 13.8. The summed E-state index contributed by atoms with van der Waals surface area (Å²) < 4.78 is 1.71. The van der Waals surface area contributed by atoms with Gasteiger partial charge in [0.1, 0.15) is 22.7 Å². The summed E-state index contributed by atoms with van der Waals surface area (Å²) in [7, 11) is 0. The van der Waals surface area contributed by atoms with E-state index in [0.717, 1.165) is 16.0 Å². The van der Waals surface area contributed by atoms with Crippen LogP contribution in [-0.2, 0) is 0 Å². The second-order valence-corrected chi connectivity index (χ2v) is 6.19. The molecule has 3 aromatic rings. The minimum absolute atomic E-state index is 0.124. The molecule has 2 N–H and O–H groups in total. The third-order valence-corrected chi connectivity index (χ3v) is 4.18. The third kappa shape index (κ3) is 3.31. The molecule has 0 aromatic carbocycles. The number of carbonyl (C=O) groups excluding carboxylic acids is 1. The van der Waals surface area contributed by atoms with Gasteiger partial charge in [-0.05, 0) is 31.4 Å². The van der Waals surface area contributed by atoms with Crippen molar-refractivity contribution in [3.05, 3.63) is 35.7 Å². The third-order valence-electron chi connectivity index (χ3n) is 3.36. The quantitative estimate of drug-likeness (QED) is 0.678. The van der Waals surface area contributed by atoms with Gasteiger partial charge in [0.25, 0.3) is 5.91 Å². The molecule has 0 unspecified atom stereocenters. The Morgan fingerprint density at radius 1 is 1.30 bits per heavy atom. The Labute approximate surface area is 137 Å². The molecule has 3 rings (SSSR count). The molecule has 3 aromatic heterocycles. The molecular formula is C15H18N6OS. The van der Waals surface area contributed by atoms with Crippen LogP contribution in [0.2, 0.25) is 0 Å². The number of hydrogen-bond acceptors (Lipinski definition) is 6. The van der Waals surface area contributed by atoms with Crippen LogP contribution < -0.4 is 10.6 Å². The largest absolute Gasteiger partial charge is 0.368 e. The van der Waals surface area contributed by atoms with Crippen molar-refractivity contribution < 1.29 is 4.79 Å². The van der Waals surface area contributed by atoms with E-state index in [4.69, 9.17) is 0 Å². The van der Waals surface area contributed by atoms with E-state index in [2.05, 4.69) is 25.7 Å². The van der Waals surface area contributed by atoms with Crippen LogP contribution in [0, 0.1) is 0 Å². The zero-order valence-electron chi connectivity index (χ0n) is 13.0. The van der Waals surface area contributed by atoms with Gasteiger partial charge in [0.2, 0.25) is 0 Å². The van der Waals surface area contributed by atoms with Gasteiger partial charge in [0.05, 0.1) is 5.39 Å². The number of rotatable bonds is 6. The van der Waals surface area contributed by atoms with Crippen LogP contribution in [0.15, 0.2) is 30.0 Å². The first-order valence-corrected chi connectivity index (χ1v) is 8.28. The summed E-state index contributed by atoms with van der Waals surface area (Å²) >= 11 is 1.58. The van der Waals surface area contributed by atoms with Crippen LogP contribution in [0.3, 0.4) is 0 Å². The van der Waals surface area contributed by atoms with Crippen LogP contribution in [0.1, 0.15) is 30.4 Å². The second kappa shape index (κ2) is 6.74. The minimum Gasteiger partial charge on any atom is -0.368 e. The molecule has 0 aliphatic heterocycles. The van der Waals surface area contributed by atoms with E-state index in [1.807, 2.05) is 25.3 Å². The predicted molar refractivity (Wildman–Crippen MR) is 90.8 cm³/mol. The first-order valence-electron chi connectivity index (χ1n) is 7.40. The van der Waals surface area contributed by atoms with E-state index in [0.29, 0.717) is 18.8 Å². The second-order valence-electron chi connectivity index (χ2n) is 5.30. The number of hydrogen-bond donors (Lipinski definition) is 2. The molecule has 8 heteroatoms. The van der Waals surface area contributed by atoms with Crippen LogP contribution >= 0.6 is 11.3 Å². The Morgan fingerprint density at radius 3 is 3.00 bits per heavy atom. The lowest BCUT2D eigenvalue weighted by Crippen LogP contribution is -2.31. The van der Waals surface area contributed by atoms with Crippen molar-refractivity contribution in [1.29, 1.82) is 0 Å². The van der Waals surface area contributed by atoms with E-state index in [-0.39, 0.29) is 11.9 Å². The van der Waals surface area contributed by atoms with Gasteiger partial charge in [-0.2, -0.15) is 5.10 Å². The fourth-order valence-corrected chi connectivity index (χ4v) is 3.02. The van der Waals surface area contributed by atoms with Crippen molar-refractivity contribution in [3.63, 3.8) is 0 Å². The highest BCUT2D eigenvalue weighted by Crippen LogP contribution is 2.23. The fourth-order valence-electron chi connectivity index (χ4n) is 2.28. The summed E-state index contributed by atoms with van der Waals surface area (Å²) in [5.74, 6) is 0.666. The van der Waals surface area contributed by atoms with E-state index in [1.54, 1.807) is 34.6 Å². The molecule has 1 amide bonds. The monoisotopic (exact) mass is 330 g/mol. The molecular weight excluding hydrogens is 312 g/mol. The van der Waals surface area contributed by atoms with Crippen LogP contribution in [0.4, 0.5) is 5.82 Å². The number of nitrogens with one attached hydrogen (secondary N) is 2. The number of thiophene rings is 1. The lowest BCUT2D eigenvalue weighted by atomic mass is 10.3. The zero-order chi connectivity index (χ0) is 16.2. The predicted octanol–water partition coefficient (Wildman–Crippen LogP) is 2.31. The maximum absolute atomic E-state index is 12.2. The molecule has 0 saturated carbocycles. The lowest BCUT2D eigenvalue weighted by molar-refractivity contribution is 0.0942. The molecule has 0 aliphatic carbocycles. The van der Waals surface area contributed by atoms with Crippen molar-refractivity contribution in [2.24, 2.45) is 0 Å². The number of carbonyl (C=O) groups is 1. The average Bonchev–Trinajstić information content (AvgIpc) is 3.19. The smallest absolute Gasteiger partial charge is 0.269 e. The van der Waals surface area contributed by atoms with Crippen molar-refractivity contribution >= 4 is 33.3 Å². The highest BCUT2D eigenvalue weighted by Gasteiger charge is 2.13. The van der Waals surface area contributed by atoms with Crippen molar-refractivity contribution in [1.82, 2.24) is 25.1 Å². The van der Waals surface area contributed by atoms with Crippen molar-refractivity contribution in [3.8, 4) is 0 Å². The SMILES string of the molecule is CC(C)n1nccc1C(=O)NCCNc1ncnc2sccc12. The first-order chi connectivity index (χ1) is 11.2. The maximum Gasteiger partial charge on any atom is 0.269 e. The van der Waals surface area contributed by atoms with Crippen LogP contribution in [0.5, 0.6) is 0 Å². The molecule has 0 fully saturated rings. The molecule has 7 nitrogen and oxygen atoms in total. The summed E-state index contributed by atoms with van der Waals surface area (Å²) in [6.45, 7) is 5.07. The standard InChI is InChI=1S/C15H18N6OS/c1-10(2)21-12(3-5-20-21)14(22)17-7-6-16-13-11-4-8-23-15(11)19-9-18-13/h3-5,8-10H,6-7H2,1-2H3,(H,17,22)(H,16,18,19). The van der Waals surface area contributed by atoms with Gasteiger partial charge in [-0.25, -0.2) is 9.97 Å². The molecule has 0 bridgehead atoms. The Kier molecular flexibility index (Phi) is 4.52. The van der Waals surface area contributed by atoms with Crippen molar-refractivity contribution in [2.75, 3.05) is 18.4 Å². The van der Waals surface area contributed by atoms with E-state index in [9.17, 15) is 4.79 Å². The van der Waals surface area contributed by atoms with Gasteiger partial charge in [-0.15, -0.1) is 11.3 Å². The number of nitrogens with zero attached hydrogens (tertiary/aromatic N) is 4. The van der Waals surface area contributed by atoms with Gasteiger partial charge in [0, 0.05) is 25.3 Å². The number of amides is 1. The Balaban J connectivity index is 1.54. The Morgan fingerprint density at radius 2 is 2.17 bits per heavy atom. The summed E-state index contributed by atoms with van der Waals surface area (Å²) in [4.78, 5) is 21.6. The molecule has 0 spiro atoms. The molecule has 0 atom stereocenters. The fraction of sp³-hybridized carbons (Fsp3) is 0.333. The van der Waals surface area contributed by atoms with E-state index < -0.39 is 0 Å². The molecule has 3 heterocycles. The summed E-state index contributed by atoms with van der Waals surface area (Å²) in [6.07, 6.45) is 3.18. The van der Waals surface area contributed by atoms with Crippen LogP contribution in [0.25, 0.3) is 10.2 Å². The van der Waals surface area contributed by atoms with Crippen LogP contribution in [-0.4, -0.2) is 38.7 Å². The van der Waals surface area contributed by atoms with Crippen molar-refractivity contribution in [2.45, 2.75) is 19.9 Å². The topological polar surface area (TPSA) is 84.7 Å². The molecule has 0 radical (unpaired) electrons. The Hall–Kier alpha value is -2.48. The molecule has 0 aliphatic rings. The maximum atomic E-state index is 12.2. The molecule has 23 heavy (non-hydrogen) atoms. The summed E-state index contributed by atoms with van der Waals surface area (Å²) in [5, 5.41) is 13.3. The number of anilines is 1. The normalized spacial score (nSPS) is 11.1. The first kappa shape index (κ1) is 15.4. The highest BCUT2D eigenvalue weighted by molar-refractivity contribution is 7.16. The molecule has 120 valence electrons. The number of fused-ring (bicyclic) bond motifs is 1. The number of aromatic nitrogens is 4. The van der Waals surface area contributed by atoms with Gasteiger partial charge in [0.15, 0.2) is 0 Å². The van der Waals surface area contributed by atoms with Gasteiger partial charge < -0.3 is 10.6 Å². The lowest BCUT2D eigenvalue weighted by Gasteiger charge is -2.11. The Bertz CT molecular complexity index is 809. The van der Waals surface area contributed by atoms with E-state index in [1.165, 1.54) is 0 Å². The summed E-state index contributed by atoms with van der Waals surface area (Å²) in [6, 6.07) is 3.86. The van der Waals surface area contributed by atoms with Gasteiger partial charge >= 0.3 is 0 Å². The van der Waals surface area contributed by atoms with Gasteiger partial charge in [-0.1, -0.05) is 0 Å². The minimum atomic E-state index is -0.124. The molecule has 0 saturated heterocycles.